The van der Waals surface area contributed by atoms with Crippen molar-refractivity contribution in [2.75, 3.05) is 13.1 Å². The molecule has 2 heterocycles. The van der Waals surface area contributed by atoms with Crippen molar-refractivity contribution in [2.24, 2.45) is 0 Å². The highest BCUT2D eigenvalue weighted by atomic mass is 32.2. The van der Waals surface area contributed by atoms with Gasteiger partial charge in [-0.3, -0.25) is 4.79 Å². The van der Waals surface area contributed by atoms with E-state index in [0.29, 0.717) is 24.3 Å². The summed E-state index contributed by atoms with van der Waals surface area (Å²) in [5, 5.41) is 18.7. The number of β-amino-alcohol motifs (C(OH)–C–C–N with tert-alkyl or cyclic N) is 1. The van der Waals surface area contributed by atoms with E-state index in [1.165, 1.54) is 16.4 Å². The molecule has 0 spiro atoms. The monoisotopic (exact) mass is 319 g/mol. The number of piperidine rings is 1. The largest absolute Gasteiger partial charge is 0.481 e. The van der Waals surface area contributed by atoms with E-state index >= 15 is 0 Å². The second-order valence-corrected chi connectivity index (χ2v) is 8.56. The van der Waals surface area contributed by atoms with E-state index in [0.717, 1.165) is 11.3 Å². The van der Waals surface area contributed by atoms with Gasteiger partial charge in [-0.25, -0.2) is 8.42 Å². The minimum absolute atomic E-state index is 0.0709. The van der Waals surface area contributed by atoms with Gasteiger partial charge >= 0.3 is 5.97 Å². The van der Waals surface area contributed by atoms with Crippen molar-refractivity contribution >= 4 is 27.3 Å². The maximum Gasteiger partial charge on any atom is 0.308 e. The smallest absolute Gasteiger partial charge is 0.308 e. The number of thiophene rings is 1. The topological polar surface area (TPSA) is 94.9 Å². The van der Waals surface area contributed by atoms with Crippen LogP contribution in [0.15, 0.2) is 16.3 Å². The average Bonchev–Trinajstić information content (AvgIpc) is 2.75. The van der Waals surface area contributed by atoms with Crippen molar-refractivity contribution in [3.05, 3.63) is 17.0 Å². The Morgan fingerprint density at radius 2 is 2.20 bits per heavy atom. The van der Waals surface area contributed by atoms with Crippen LogP contribution in [0.1, 0.15) is 24.6 Å². The van der Waals surface area contributed by atoms with Gasteiger partial charge in [-0.05, 0) is 31.9 Å². The second kappa shape index (κ2) is 5.44. The van der Waals surface area contributed by atoms with E-state index in [4.69, 9.17) is 5.11 Å². The van der Waals surface area contributed by atoms with Crippen LogP contribution in [-0.4, -0.2) is 47.6 Å². The van der Waals surface area contributed by atoms with Crippen LogP contribution in [0.5, 0.6) is 0 Å². The Morgan fingerprint density at radius 1 is 1.50 bits per heavy atom. The zero-order valence-corrected chi connectivity index (χ0v) is 12.7. The van der Waals surface area contributed by atoms with Crippen LogP contribution >= 0.6 is 11.3 Å². The lowest BCUT2D eigenvalue weighted by atomic mass is 9.97. The fourth-order valence-corrected chi connectivity index (χ4v) is 5.34. The number of hydrogen-bond donors (Lipinski definition) is 2. The minimum atomic E-state index is -3.65. The van der Waals surface area contributed by atoms with Gasteiger partial charge in [-0.2, -0.15) is 4.31 Å². The van der Waals surface area contributed by atoms with Gasteiger partial charge in [0.05, 0.1) is 12.0 Å². The molecule has 0 aromatic carbocycles. The zero-order valence-electron chi connectivity index (χ0n) is 11.1. The molecule has 1 fully saturated rings. The summed E-state index contributed by atoms with van der Waals surface area (Å²) in [7, 11) is -3.65. The lowest BCUT2D eigenvalue weighted by Crippen LogP contribution is -2.48. The van der Waals surface area contributed by atoms with E-state index < -0.39 is 21.6 Å². The Bertz CT molecular complexity index is 605. The highest BCUT2D eigenvalue weighted by Gasteiger charge is 2.36. The standard InChI is InChI=1S/C12H17NO5S2/c1-12(16)5-2-6-13(8-12)20(17,18)11-4-3-9(19-11)7-10(14)15/h3-4,16H,2,5-8H2,1H3,(H,14,15). The molecule has 1 saturated heterocycles. The summed E-state index contributed by atoms with van der Waals surface area (Å²) in [5.74, 6) is -0.989. The van der Waals surface area contributed by atoms with E-state index in [9.17, 15) is 18.3 Å². The Hall–Kier alpha value is -0.960. The highest BCUT2D eigenvalue weighted by Crippen LogP contribution is 2.29. The molecule has 0 bridgehead atoms. The van der Waals surface area contributed by atoms with Gasteiger partial charge in [0.15, 0.2) is 0 Å². The van der Waals surface area contributed by atoms with Crippen LogP contribution < -0.4 is 0 Å². The number of hydrogen-bond acceptors (Lipinski definition) is 5. The fourth-order valence-electron chi connectivity index (χ4n) is 2.25. The third-order valence-corrected chi connectivity index (χ3v) is 6.59. The molecule has 112 valence electrons. The van der Waals surface area contributed by atoms with Crippen LogP contribution in [0, 0.1) is 0 Å². The third kappa shape index (κ3) is 3.38. The molecule has 0 radical (unpaired) electrons. The average molecular weight is 319 g/mol. The highest BCUT2D eigenvalue weighted by molar-refractivity contribution is 7.91. The Kier molecular flexibility index (Phi) is 4.19. The van der Waals surface area contributed by atoms with Crippen molar-refractivity contribution in [1.82, 2.24) is 4.31 Å². The van der Waals surface area contributed by atoms with Gasteiger partial charge < -0.3 is 10.2 Å². The SMILES string of the molecule is CC1(O)CCCN(S(=O)(=O)c2ccc(CC(=O)O)s2)C1. The number of carbonyl (C=O) groups is 1. The van der Waals surface area contributed by atoms with Gasteiger partial charge in [0.1, 0.15) is 4.21 Å². The normalized spacial score (nSPS) is 24.7. The molecule has 1 unspecified atom stereocenters. The van der Waals surface area contributed by atoms with Gasteiger partial charge in [-0.1, -0.05) is 0 Å². The third-order valence-electron chi connectivity index (χ3n) is 3.20. The molecule has 0 aliphatic carbocycles. The molecule has 0 saturated carbocycles. The summed E-state index contributed by atoms with van der Waals surface area (Å²) in [4.78, 5) is 11.1. The van der Waals surface area contributed by atoms with Gasteiger partial charge in [0.25, 0.3) is 10.0 Å². The quantitative estimate of drug-likeness (QED) is 0.860. The number of carboxylic acid groups (broad SMARTS) is 1. The van der Waals surface area contributed by atoms with Crippen molar-refractivity contribution in [3.63, 3.8) is 0 Å². The molecule has 1 aromatic heterocycles. The number of aliphatic carboxylic acids is 1. The number of rotatable bonds is 4. The second-order valence-electron chi connectivity index (χ2n) is 5.23. The summed E-state index contributed by atoms with van der Waals surface area (Å²) >= 11 is 0.970. The minimum Gasteiger partial charge on any atom is -0.481 e. The predicted molar refractivity (Wildman–Crippen MR) is 74.3 cm³/mol. The van der Waals surface area contributed by atoms with Crippen LogP contribution in [0.25, 0.3) is 0 Å². The maximum absolute atomic E-state index is 12.5. The molecule has 1 aliphatic heterocycles. The molecule has 1 aliphatic rings. The first-order valence-electron chi connectivity index (χ1n) is 6.24. The zero-order chi connectivity index (χ0) is 15.0. The molecule has 1 aromatic rings. The molecule has 8 heteroatoms. The lowest BCUT2D eigenvalue weighted by Gasteiger charge is -2.35. The summed E-state index contributed by atoms with van der Waals surface area (Å²) in [6.45, 7) is 2.07. The summed E-state index contributed by atoms with van der Waals surface area (Å²) in [6.07, 6.45) is 1.01. The van der Waals surface area contributed by atoms with Crippen LogP contribution in [0.3, 0.4) is 0 Å². The van der Waals surface area contributed by atoms with E-state index in [1.807, 2.05) is 0 Å². The van der Waals surface area contributed by atoms with Crippen molar-refractivity contribution in [1.29, 1.82) is 0 Å². The Balaban J connectivity index is 2.21. The van der Waals surface area contributed by atoms with Crippen LogP contribution in [0.2, 0.25) is 0 Å². The van der Waals surface area contributed by atoms with Crippen molar-refractivity contribution in [2.45, 2.75) is 36.0 Å². The van der Waals surface area contributed by atoms with Crippen molar-refractivity contribution < 1.29 is 23.4 Å². The number of aliphatic hydroxyl groups is 1. The molecule has 1 atom stereocenters. The molecule has 0 amide bonds. The predicted octanol–water partition coefficient (Wildman–Crippen LogP) is 0.911. The molecular weight excluding hydrogens is 302 g/mol. The summed E-state index contributed by atoms with van der Waals surface area (Å²) in [5.41, 5.74) is -1.01. The molecule has 6 nitrogen and oxygen atoms in total. The Labute approximate surface area is 121 Å². The fraction of sp³-hybridized carbons (Fsp3) is 0.583. The lowest BCUT2D eigenvalue weighted by molar-refractivity contribution is -0.136. The molecular formula is C12H17NO5S2. The van der Waals surface area contributed by atoms with E-state index in [-0.39, 0.29) is 17.2 Å². The van der Waals surface area contributed by atoms with E-state index in [1.54, 1.807) is 6.92 Å². The van der Waals surface area contributed by atoms with E-state index in [2.05, 4.69) is 0 Å². The summed E-state index contributed by atoms with van der Waals surface area (Å²) in [6, 6.07) is 2.95. The van der Waals surface area contributed by atoms with Crippen LogP contribution in [-0.2, 0) is 21.2 Å². The van der Waals surface area contributed by atoms with Gasteiger partial charge in [-0.15, -0.1) is 11.3 Å². The molecule has 2 rings (SSSR count). The van der Waals surface area contributed by atoms with Gasteiger partial charge in [0.2, 0.25) is 0 Å². The Morgan fingerprint density at radius 3 is 2.80 bits per heavy atom. The van der Waals surface area contributed by atoms with Crippen molar-refractivity contribution in [3.8, 4) is 0 Å². The first-order valence-corrected chi connectivity index (χ1v) is 8.49. The van der Waals surface area contributed by atoms with Crippen LogP contribution in [0.4, 0.5) is 0 Å². The molecule has 20 heavy (non-hydrogen) atoms. The first kappa shape index (κ1) is 15.4. The maximum atomic E-state index is 12.5. The molecule has 2 N–H and O–H groups in total. The first-order chi connectivity index (χ1) is 9.21. The van der Waals surface area contributed by atoms with Gasteiger partial charge in [0, 0.05) is 18.0 Å². The summed E-state index contributed by atoms with van der Waals surface area (Å²) < 4.78 is 26.3. The number of sulfonamides is 1. The number of carboxylic acids is 1. The number of nitrogens with zero attached hydrogens (tertiary/aromatic N) is 1.